The number of likely N-dealkylation sites (N-methyl/N-ethyl adjacent to an activating group) is 1. The quantitative estimate of drug-likeness (QED) is 0.663. The third kappa shape index (κ3) is 5.10. The van der Waals surface area contributed by atoms with Gasteiger partial charge in [-0.3, -0.25) is 14.5 Å². The molecule has 0 N–H and O–H groups in total. The Morgan fingerprint density at radius 3 is 2.57 bits per heavy atom. The van der Waals surface area contributed by atoms with Gasteiger partial charge in [-0.15, -0.1) is 0 Å². The fourth-order valence-corrected chi connectivity index (χ4v) is 4.02. The first-order chi connectivity index (χ1) is 13.4. The normalized spacial score (nSPS) is 20.7. The maximum atomic E-state index is 13.0. The van der Waals surface area contributed by atoms with Gasteiger partial charge in [0, 0.05) is 26.7 Å². The maximum Gasteiger partial charge on any atom is 0.327 e. The molecule has 4 amide bonds. The smallest absolute Gasteiger partial charge is 0.327 e. The molecule has 2 saturated heterocycles. The van der Waals surface area contributed by atoms with Crippen LogP contribution < -0.4 is 0 Å². The highest BCUT2D eigenvalue weighted by molar-refractivity contribution is 6.04. The molecule has 2 aliphatic heterocycles. The van der Waals surface area contributed by atoms with E-state index in [4.69, 9.17) is 0 Å². The van der Waals surface area contributed by atoms with Gasteiger partial charge in [-0.2, -0.15) is 0 Å². The summed E-state index contributed by atoms with van der Waals surface area (Å²) in [6.45, 7) is 3.21. The van der Waals surface area contributed by atoms with Crippen molar-refractivity contribution < 1.29 is 14.4 Å². The number of hydrogen-bond donors (Lipinski definition) is 0. The molecular formula is C21H30N4O3. The Morgan fingerprint density at radius 2 is 1.93 bits per heavy atom. The molecule has 2 aliphatic rings. The molecule has 152 valence electrons. The van der Waals surface area contributed by atoms with E-state index in [2.05, 4.69) is 24.1 Å². The van der Waals surface area contributed by atoms with Crippen LogP contribution in [-0.2, 0) is 16.0 Å². The van der Waals surface area contributed by atoms with Crippen molar-refractivity contribution in [2.45, 2.75) is 19.3 Å². The van der Waals surface area contributed by atoms with Crippen LogP contribution in [0, 0.1) is 5.92 Å². The molecular weight excluding hydrogens is 356 g/mol. The average molecular weight is 386 g/mol. The van der Waals surface area contributed by atoms with Crippen LogP contribution in [0.4, 0.5) is 4.79 Å². The third-order valence-corrected chi connectivity index (χ3v) is 5.59. The Labute approximate surface area is 166 Å². The van der Waals surface area contributed by atoms with Crippen molar-refractivity contribution in [3.8, 4) is 0 Å². The number of rotatable bonds is 7. The molecule has 3 rings (SSSR count). The molecule has 0 radical (unpaired) electrons. The minimum atomic E-state index is -0.390. The van der Waals surface area contributed by atoms with Gasteiger partial charge < -0.3 is 14.7 Å². The molecule has 0 aromatic heterocycles. The molecule has 1 atom stereocenters. The number of benzene rings is 1. The van der Waals surface area contributed by atoms with Gasteiger partial charge in [-0.1, -0.05) is 30.3 Å². The van der Waals surface area contributed by atoms with Crippen LogP contribution in [0.2, 0.25) is 0 Å². The molecule has 0 aliphatic carbocycles. The lowest BCUT2D eigenvalue weighted by atomic mass is 9.97. The summed E-state index contributed by atoms with van der Waals surface area (Å²) in [5, 5.41) is 0. The second-order valence-corrected chi connectivity index (χ2v) is 7.96. The van der Waals surface area contributed by atoms with E-state index in [-0.39, 0.29) is 24.9 Å². The molecule has 0 bridgehead atoms. The van der Waals surface area contributed by atoms with E-state index in [1.54, 1.807) is 7.05 Å². The van der Waals surface area contributed by atoms with E-state index in [0.717, 1.165) is 37.3 Å². The topological polar surface area (TPSA) is 64.2 Å². The first kappa shape index (κ1) is 20.3. The van der Waals surface area contributed by atoms with Gasteiger partial charge in [0.15, 0.2) is 0 Å². The van der Waals surface area contributed by atoms with Crippen LogP contribution in [0.3, 0.4) is 0 Å². The minimum absolute atomic E-state index is 0.0452. The number of carbonyl (C=O) groups excluding carboxylic acids is 3. The fraction of sp³-hybridized carbons (Fsp3) is 0.571. The summed E-state index contributed by atoms with van der Waals surface area (Å²) in [5.74, 6) is -0.0338. The second kappa shape index (κ2) is 9.19. The summed E-state index contributed by atoms with van der Waals surface area (Å²) < 4.78 is 0. The molecule has 1 aromatic carbocycles. The van der Waals surface area contributed by atoms with Gasteiger partial charge in [0.25, 0.3) is 5.91 Å². The molecule has 1 unspecified atom stereocenters. The van der Waals surface area contributed by atoms with Crippen LogP contribution in [-0.4, -0.2) is 90.8 Å². The Bertz CT molecular complexity index is 709. The first-order valence-corrected chi connectivity index (χ1v) is 9.99. The van der Waals surface area contributed by atoms with Gasteiger partial charge in [0.05, 0.1) is 0 Å². The number of imide groups is 1. The average Bonchev–Trinajstić information content (AvgIpc) is 2.92. The Balaban J connectivity index is 1.66. The van der Waals surface area contributed by atoms with Crippen LogP contribution >= 0.6 is 0 Å². The van der Waals surface area contributed by atoms with Crippen LogP contribution in [0.1, 0.15) is 18.4 Å². The lowest BCUT2D eigenvalue weighted by molar-refractivity contribution is -0.137. The number of hydrogen-bond acceptors (Lipinski definition) is 4. The minimum Gasteiger partial charge on any atom is -0.340 e. The van der Waals surface area contributed by atoms with E-state index >= 15 is 0 Å². The van der Waals surface area contributed by atoms with Crippen LogP contribution in [0.5, 0.6) is 0 Å². The highest BCUT2D eigenvalue weighted by atomic mass is 16.2. The van der Waals surface area contributed by atoms with Crippen molar-refractivity contribution in [3.63, 3.8) is 0 Å². The van der Waals surface area contributed by atoms with Gasteiger partial charge >= 0.3 is 6.03 Å². The van der Waals surface area contributed by atoms with E-state index in [1.165, 1.54) is 10.5 Å². The molecule has 0 spiro atoms. The molecule has 7 nitrogen and oxygen atoms in total. The summed E-state index contributed by atoms with van der Waals surface area (Å²) in [4.78, 5) is 43.8. The highest BCUT2D eigenvalue weighted by Gasteiger charge is 2.36. The number of carbonyl (C=O) groups is 3. The van der Waals surface area contributed by atoms with E-state index < -0.39 is 6.03 Å². The van der Waals surface area contributed by atoms with Crippen molar-refractivity contribution in [2.75, 3.05) is 53.4 Å². The van der Waals surface area contributed by atoms with Crippen molar-refractivity contribution in [1.29, 1.82) is 0 Å². The number of piperidine rings is 1. The first-order valence-electron chi connectivity index (χ1n) is 9.99. The molecule has 1 aromatic rings. The van der Waals surface area contributed by atoms with Crippen molar-refractivity contribution in [1.82, 2.24) is 19.6 Å². The fourth-order valence-electron chi connectivity index (χ4n) is 4.02. The molecule has 7 heteroatoms. The van der Waals surface area contributed by atoms with E-state index in [0.29, 0.717) is 19.0 Å². The molecule has 28 heavy (non-hydrogen) atoms. The van der Waals surface area contributed by atoms with Gasteiger partial charge in [0.2, 0.25) is 5.91 Å². The van der Waals surface area contributed by atoms with Gasteiger partial charge in [0.1, 0.15) is 13.1 Å². The summed E-state index contributed by atoms with van der Waals surface area (Å²) >= 11 is 0. The second-order valence-electron chi connectivity index (χ2n) is 7.96. The summed E-state index contributed by atoms with van der Waals surface area (Å²) in [6.07, 6.45) is 3.00. The zero-order valence-corrected chi connectivity index (χ0v) is 16.8. The summed E-state index contributed by atoms with van der Waals surface area (Å²) in [5.41, 5.74) is 1.18. The standard InChI is InChI=1S/C21H30N4O3/c1-22-11-6-9-18(13-22)14-24(12-10-17-7-4-3-5-8-17)19(26)16-25-20(27)15-23(2)21(25)28/h3-5,7-8,18H,6,9-16H2,1-2H3. The summed E-state index contributed by atoms with van der Waals surface area (Å²) in [6, 6.07) is 9.69. The van der Waals surface area contributed by atoms with Crippen molar-refractivity contribution in [2.24, 2.45) is 5.92 Å². The number of likely N-dealkylation sites (tertiary alicyclic amines) is 1. The zero-order chi connectivity index (χ0) is 20.1. The third-order valence-electron chi connectivity index (χ3n) is 5.59. The number of urea groups is 1. The SMILES string of the molecule is CN1CCCC(CN(CCc2ccccc2)C(=O)CN2C(=O)CN(C)C2=O)C1. The van der Waals surface area contributed by atoms with Crippen LogP contribution in [0.25, 0.3) is 0 Å². The molecule has 2 heterocycles. The van der Waals surface area contributed by atoms with E-state index in [9.17, 15) is 14.4 Å². The largest absolute Gasteiger partial charge is 0.340 e. The maximum absolute atomic E-state index is 13.0. The van der Waals surface area contributed by atoms with Crippen molar-refractivity contribution in [3.05, 3.63) is 35.9 Å². The Hall–Kier alpha value is -2.41. The molecule has 0 saturated carbocycles. The van der Waals surface area contributed by atoms with Crippen LogP contribution in [0.15, 0.2) is 30.3 Å². The van der Waals surface area contributed by atoms with Gasteiger partial charge in [-0.05, 0) is 44.3 Å². The van der Waals surface area contributed by atoms with Gasteiger partial charge in [-0.25, -0.2) is 4.79 Å². The lowest BCUT2D eigenvalue weighted by Gasteiger charge is -2.34. The van der Waals surface area contributed by atoms with Crippen molar-refractivity contribution >= 4 is 17.8 Å². The number of nitrogens with zero attached hydrogens (tertiary/aromatic N) is 4. The zero-order valence-electron chi connectivity index (χ0n) is 16.8. The van der Waals surface area contributed by atoms with E-state index in [1.807, 2.05) is 23.1 Å². The highest BCUT2D eigenvalue weighted by Crippen LogP contribution is 2.18. The molecule has 2 fully saturated rings. The summed E-state index contributed by atoms with van der Waals surface area (Å²) in [7, 11) is 3.69. The predicted molar refractivity (Wildman–Crippen MR) is 107 cm³/mol. The Kier molecular flexibility index (Phi) is 6.67. The monoisotopic (exact) mass is 386 g/mol. The predicted octanol–water partition coefficient (Wildman–Crippen LogP) is 1.29. The number of amides is 4. The lowest BCUT2D eigenvalue weighted by Crippen LogP contribution is -2.47. The Morgan fingerprint density at radius 1 is 1.18 bits per heavy atom.